The monoisotopic (exact) mass is 194 g/mol. The third-order valence-corrected chi connectivity index (χ3v) is 3.04. The van der Waals surface area contributed by atoms with E-state index in [0.717, 1.165) is 0 Å². The Hall–Kier alpha value is -0.290. The van der Waals surface area contributed by atoms with Crippen LogP contribution < -0.4 is 10.6 Å². The van der Waals surface area contributed by atoms with Gasteiger partial charge >= 0.3 is 6.18 Å². The van der Waals surface area contributed by atoms with Crippen molar-refractivity contribution in [1.29, 1.82) is 0 Å². The number of hydrogen-bond acceptors (Lipinski definition) is 2. The highest BCUT2D eigenvalue weighted by Gasteiger charge is 2.45. The van der Waals surface area contributed by atoms with Crippen LogP contribution in [0.25, 0.3) is 0 Å². The summed E-state index contributed by atoms with van der Waals surface area (Å²) in [5.41, 5.74) is 0. The molecule has 3 atom stereocenters. The standard InChI is InChI=1S/C8H13F3N2/c9-8(10,11)5-1-2-6-7(3-5)13-4-12-6/h5-7,12-13H,1-4H2. The molecule has 0 aromatic carbocycles. The van der Waals surface area contributed by atoms with Gasteiger partial charge in [-0.3, -0.25) is 0 Å². The van der Waals surface area contributed by atoms with Crippen molar-refractivity contribution in [3.05, 3.63) is 0 Å². The first-order chi connectivity index (χ1) is 6.07. The van der Waals surface area contributed by atoms with Gasteiger partial charge < -0.3 is 10.6 Å². The second-order valence-corrected chi connectivity index (χ2v) is 3.85. The minimum atomic E-state index is -4.00. The smallest absolute Gasteiger partial charge is 0.300 e. The van der Waals surface area contributed by atoms with Crippen molar-refractivity contribution in [1.82, 2.24) is 10.6 Å². The summed E-state index contributed by atoms with van der Waals surface area (Å²) < 4.78 is 37.1. The lowest BCUT2D eigenvalue weighted by molar-refractivity contribution is -0.183. The average Bonchev–Trinajstić information content (AvgIpc) is 2.47. The van der Waals surface area contributed by atoms with Crippen molar-refractivity contribution < 1.29 is 13.2 Å². The molecule has 3 unspecified atom stereocenters. The van der Waals surface area contributed by atoms with E-state index in [4.69, 9.17) is 0 Å². The number of rotatable bonds is 0. The van der Waals surface area contributed by atoms with Crippen molar-refractivity contribution in [3.8, 4) is 0 Å². The quantitative estimate of drug-likeness (QED) is 0.606. The largest absolute Gasteiger partial charge is 0.391 e. The first kappa shape index (κ1) is 9.27. The van der Waals surface area contributed by atoms with E-state index >= 15 is 0 Å². The lowest BCUT2D eigenvalue weighted by Crippen LogP contribution is -2.43. The Bertz CT molecular complexity index is 192. The fourth-order valence-electron chi connectivity index (χ4n) is 2.26. The maximum atomic E-state index is 12.4. The normalized spacial score (nSPS) is 40.4. The van der Waals surface area contributed by atoms with Crippen LogP contribution in [0.2, 0.25) is 0 Å². The Kier molecular flexibility index (Phi) is 2.23. The molecule has 1 heterocycles. The van der Waals surface area contributed by atoms with Crippen LogP contribution in [0, 0.1) is 5.92 Å². The van der Waals surface area contributed by atoms with Gasteiger partial charge in [0.15, 0.2) is 0 Å². The zero-order valence-electron chi connectivity index (χ0n) is 7.19. The summed E-state index contributed by atoms with van der Waals surface area (Å²) in [4.78, 5) is 0. The maximum Gasteiger partial charge on any atom is 0.391 e. The summed E-state index contributed by atoms with van der Waals surface area (Å²) in [5, 5.41) is 6.20. The zero-order valence-corrected chi connectivity index (χ0v) is 7.19. The van der Waals surface area contributed by atoms with E-state index in [1.807, 2.05) is 0 Å². The summed E-state index contributed by atoms with van der Waals surface area (Å²) >= 11 is 0. The molecule has 76 valence electrons. The first-order valence-corrected chi connectivity index (χ1v) is 4.61. The highest BCUT2D eigenvalue weighted by molar-refractivity contribution is 4.94. The molecule has 0 amide bonds. The van der Waals surface area contributed by atoms with Gasteiger partial charge in [-0.05, 0) is 19.3 Å². The highest BCUT2D eigenvalue weighted by Crippen LogP contribution is 2.38. The Morgan fingerprint density at radius 3 is 2.38 bits per heavy atom. The topological polar surface area (TPSA) is 24.1 Å². The Morgan fingerprint density at radius 1 is 1.00 bits per heavy atom. The molecule has 2 rings (SSSR count). The Balaban J connectivity index is 1.97. The molecule has 0 aromatic heterocycles. The molecule has 2 nitrogen and oxygen atoms in total. The van der Waals surface area contributed by atoms with Gasteiger partial charge in [-0.15, -0.1) is 0 Å². The van der Waals surface area contributed by atoms with E-state index in [1.165, 1.54) is 0 Å². The molecular formula is C8H13F3N2. The molecule has 0 spiro atoms. The molecule has 1 aliphatic carbocycles. The predicted molar refractivity (Wildman–Crippen MR) is 42.1 cm³/mol. The van der Waals surface area contributed by atoms with E-state index < -0.39 is 12.1 Å². The number of fused-ring (bicyclic) bond motifs is 1. The second-order valence-electron chi connectivity index (χ2n) is 3.85. The van der Waals surface area contributed by atoms with Crippen molar-refractivity contribution in [2.75, 3.05) is 6.67 Å². The lowest BCUT2D eigenvalue weighted by atomic mass is 9.83. The van der Waals surface area contributed by atoms with Crippen LogP contribution in [0.1, 0.15) is 19.3 Å². The van der Waals surface area contributed by atoms with Crippen LogP contribution in [0.3, 0.4) is 0 Å². The minimum absolute atomic E-state index is 0.0281. The van der Waals surface area contributed by atoms with Crippen LogP contribution in [0.4, 0.5) is 13.2 Å². The molecule has 1 saturated carbocycles. The van der Waals surface area contributed by atoms with Gasteiger partial charge in [-0.1, -0.05) is 0 Å². The molecule has 0 aromatic rings. The van der Waals surface area contributed by atoms with Crippen LogP contribution in [0.5, 0.6) is 0 Å². The molecule has 5 heteroatoms. The van der Waals surface area contributed by atoms with Crippen LogP contribution in [-0.2, 0) is 0 Å². The second kappa shape index (κ2) is 3.13. The Morgan fingerprint density at radius 2 is 1.69 bits per heavy atom. The molecule has 1 saturated heterocycles. The molecule has 2 fully saturated rings. The maximum absolute atomic E-state index is 12.4. The number of halogens is 3. The summed E-state index contributed by atoms with van der Waals surface area (Å²) in [6.45, 7) is 0.653. The molecular weight excluding hydrogens is 181 g/mol. The number of hydrogen-bond donors (Lipinski definition) is 2. The third-order valence-electron chi connectivity index (χ3n) is 3.04. The van der Waals surface area contributed by atoms with Crippen molar-refractivity contribution in [2.45, 2.75) is 37.5 Å². The average molecular weight is 194 g/mol. The fraction of sp³-hybridized carbons (Fsp3) is 1.00. The van der Waals surface area contributed by atoms with Gasteiger partial charge in [0.2, 0.25) is 0 Å². The molecule has 0 radical (unpaired) electrons. The molecule has 2 N–H and O–H groups in total. The molecule has 0 bridgehead atoms. The molecule has 1 aliphatic heterocycles. The summed E-state index contributed by atoms with van der Waals surface area (Å²) in [6, 6.07) is 0.291. The van der Waals surface area contributed by atoms with E-state index in [1.54, 1.807) is 0 Å². The SMILES string of the molecule is FC(F)(F)C1CCC2NCNC2C1. The van der Waals surface area contributed by atoms with E-state index in [9.17, 15) is 13.2 Å². The third kappa shape index (κ3) is 1.81. The highest BCUT2D eigenvalue weighted by atomic mass is 19.4. The fourth-order valence-corrected chi connectivity index (χ4v) is 2.26. The van der Waals surface area contributed by atoms with Gasteiger partial charge in [0.1, 0.15) is 0 Å². The van der Waals surface area contributed by atoms with Gasteiger partial charge in [0.05, 0.1) is 5.92 Å². The predicted octanol–water partition coefficient (Wildman–Crippen LogP) is 1.24. The summed E-state index contributed by atoms with van der Waals surface area (Å²) in [5.74, 6) is -1.10. The van der Waals surface area contributed by atoms with Crippen molar-refractivity contribution in [2.24, 2.45) is 5.92 Å². The first-order valence-electron chi connectivity index (χ1n) is 4.61. The van der Waals surface area contributed by atoms with Gasteiger partial charge in [-0.2, -0.15) is 13.2 Å². The van der Waals surface area contributed by atoms with E-state index in [-0.39, 0.29) is 24.9 Å². The van der Waals surface area contributed by atoms with Gasteiger partial charge in [0.25, 0.3) is 0 Å². The van der Waals surface area contributed by atoms with E-state index in [0.29, 0.717) is 13.1 Å². The minimum Gasteiger partial charge on any atom is -0.300 e. The molecule has 13 heavy (non-hydrogen) atoms. The summed E-state index contributed by atoms with van der Waals surface area (Å²) in [7, 11) is 0. The van der Waals surface area contributed by atoms with E-state index in [2.05, 4.69) is 10.6 Å². The lowest BCUT2D eigenvalue weighted by Gasteiger charge is -2.32. The van der Waals surface area contributed by atoms with Crippen molar-refractivity contribution in [3.63, 3.8) is 0 Å². The van der Waals surface area contributed by atoms with Crippen molar-refractivity contribution >= 4 is 0 Å². The van der Waals surface area contributed by atoms with Crippen LogP contribution in [-0.4, -0.2) is 24.9 Å². The molecule has 2 aliphatic rings. The van der Waals surface area contributed by atoms with Gasteiger partial charge in [-0.25, -0.2) is 0 Å². The number of alkyl halides is 3. The zero-order chi connectivity index (χ0) is 9.47. The van der Waals surface area contributed by atoms with Crippen LogP contribution in [0.15, 0.2) is 0 Å². The van der Waals surface area contributed by atoms with Gasteiger partial charge in [0, 0.05) is 18.8 Å². The number of nitrogens with one attached hydrogen (secondary N) is 2. The van der Waals surface area contributed by atoms with Crippen LogP contribution >= 0.6 is 0 Å². The Labute approximate surface area is 74.9 Å². The summed E-state index contributed by atoms with van der Waals surface area (Å²) in [6.07, 6.45) is -2.85.